The Morgan fingerprint density at radius 2 is 1.59 bits per heavy atom. The second-order valence-electron chi connectivity index (χ2n) is 5.66. The van der Waals surface area contributed by atoms with E-state index < -0.39 is 0 Å². The highest BCUT2D eigenvalue weighted by Gasteiger charge is 2.20. The molecule has 0 aromatic rings. The number of carbonyl (C=O) groups excluding carboxylic acids is 1. The van der Waals surface area contributed by atoms with Gasteiger partial charge < -0.3 is 9.84 Å². The predicted molar refractivity (Wildman–Crippen MR) is 69.6 cm³/mol. The smallest absolute Gasteiger partial charge is 0.308 e. The van der Waals surface area contributed by atoms with Crippen LogP contribution in [0.3, 0.4) is 0 Å². The van der Waals surface area contributed by atoms with Crippen LogP contribution in [0.4, 0.5) is 0 Å². The van der Waals surface area contributed by atoms with Gasteiger partial charge in [-0.2, -0.15) is 0 Å². The standard InChI is InChI=1S/C14H28O3/c1-9(2)13(15)8-7-11(5)12(6)17-14(16)10(3)4/h9-13,15H,7-8H2,1-6H3. The molecule has 0 fully saturated rings. The molecule has 1 N–H and O–H groups in total. The van der Waals surface area contributed by atoms with Crippen LogP contribution in [-0.2, 0) is 9.53 Å². The average molecular weight is 244 g/mol. The van der Waals surface area contributed by atoms with Crippen molar-refractivity contribution < 1.29 is 14.6 Å². The molecule has 3 nitrogen and oxygen atoms in total. The summed E-state index contributed by atoms with van der Waals surface area (Å²) in [7, 11) is 0. The van der Waals surface area contributed by atoms with Gasteiger partial charge in [-0.15, -0.1) is 0 Å². The van der Waals surface area contributed by atoms with Crippen LogP contribution in [0, 0.1) is 17.8 Å². The van der Waals surface area contributed by atoms with Crippen molar-refractivity contribution in [2.45, 2.75) is 66.6 Å². The molecular weight excluding hydrogens is 216 g/mol. The van der Waals surface area contributed by atoms with Crippen molar-refractivity contribution in [1.82, 2.24) is 0 Å². The second kappa shape index (κ2) is 7.70. The van der Waals surface area contributed by atoms with Gasteiger partial charge in [0.2, 0.25) is 0 Å². The first-order chi connectivity index (χ1) is 7.75. The molecule has 0 saturated carbocycles. The molecular formula is C14H28O3. The monoisotopic (exact) mass is 244 g/mol. The lowest BCUT2D eigenvalue weighted by atomic mass is 9.94. The summed E-state index contributed by atoms with van der Waals surface area (Å²) in [4.78, 5) is 11.4. The van der Waals surface area contributed by atoms with Crippen LogP contribution in [0.25, 0.3) is 0 Å². The van der Waals surface area contributed by atoms with E-state index in [0.29, 0.717) is 0 Å². The Bertz CT molecular complexity index is 224. The fourth-order valence-corrected chi connectivity index (χ4v) is 1.44. The Morgan fingerprint density at radius 1 is 1.06 bits per heavy atom. The summed E-state index contributed by atoms with van der Waals surface area (Å²) in [5, 5.41) is 9.72. The molecule has 0 aliphatic heterocycles. The third-order valence-corrected chi connectivity index (χ3v) is 3.26. The van der Waals surface area contributed by atoms with E-state index in [4.69, 9.17) is 4.74 Å². The van der Waals surface area contributed by atoms with E-state index in [1.165, 1.54) is 0 Å². The van der Waals surface area contributed by atoms with Gasteiger partial charge in [0, 0.05) is 0 Å². The van der Waals surface area contributed by atoms with E-state index in [1.807, 2.05) is 34.6 Å². The van der Waals surface area contributed by atoms with E-state index >= 15 is 0 Å². The van der Waals surface area contributed by atoms with Gasteiger partial charge in [-0.3, -0.25) is 4.79 Å². The number of rotatable bonds is 7. The Labute approximate surface area is 106 Å². The summed E-state index contributed by atoms with van der Waals surface area (Å²) in [6.07, 6.45) is 1.31. The van der Waals surface area contributed by atoms with Crippen molar-refractivity contribution in [1.29, 1.82) is 0 Å². The van der Waals surface area contributed by atoms with E-state index in [2.05, 4.69) is 6.92 Å². The van der Waals surface area contributed by atoms with Crippen molar-refractivity contribution in [3.63, 3.8) is 0 Å². The zero-order chi connectivity index (χ0) is 13.6. The topological polar surface area (TPSA) is 46.5 Å². The molecule has 0 aliphatic carbocycles. The molecule has 0 heterocycles. The van der Waals surface area contributed by atoms with Gasteiger partial charge in [0.25, 0.3) is 0 Å². The summed E-state index contributed by atoms with van der Waals surface area (Å²) >= 11 is 0. The summed E-state index contributed by atoms with van der Waals surface area (Å²) in [5.74, 6) is 0.349. The minimum absolute atomic E-state index is 0.0779. The number of carbonyl (C=O) groups is 1. The lowest BCUT2D eigenvalue weighted by Crippen LogP contribution is -2.26. The molecule has 102 valence electrons. The van der Waals surface area contributed by atoms with Crippen LogP contribution in [0.5, 0.6) is 0 Å². The Kier molecular flexibility index (Phi) is 7.44. The molecule has 3 heteroatoms. The number of aliphatic hydroxyl groups is 1. The maximum atomic E-state index is 11.4. The Balaban J connectivity index is 3.97. The number of hydrogen-bond donors (Lipinski definition) is 1. The Hall–Kier alpha value is -0.570. The van der Waals surface area contributed by atoms with Crippen molar-refractivity contribution >= 4 is 5.97 Å². The third kappa shape index (κ3) is 6.67. The maximum absolute atomic E-state index is 11.4. The van der Waals surface area contributed by atoms with Crippen molar-refractivity contribution in [3.8, 4) is 0 Å². The molecule has 3 unspecified atom stereocenters. The summed E-state index contributed by atoms with van der Waals surface area (Å²) in [6.45, 7) is 11.7. The average Bonchev–Trinajstić information content (AvgIpc) is 2.24. The van der Waals surface area contributed by atoms with Crippen molar-refractivity contribution in [2.24, 2.45) is 17.8 Å². The molecule has 0 aromatic carbocycles. The quantitative estimate of drug-likeness (QED) is 0.700. The van der Waals surface area contributed by atoms with Gasteiger partial charge in [-0.05, 0) is 31.6 Å². The van der Waals surface area contributed by atoms with E-state index in [-0.39, 0.29) is 35.9 Å². The number of hydrogen-bond acceptors (Lipinski definition) is 3. The van der Waals surface area contributed by atoms with E-state index in [1.54, 1.807) is 0 Å². The van der Waals surface area contributed by atoms with Crippen LogP contribution in [-0.4, -0.2) is 23.3 Å². The fraction of sp³-hybridized carbons (Fsp3) is 0.929. The molecule has 0 aromatic heterocycles. The van der Waals surface area contributed by atoms with Crippen molar-refractivity contribution in [2.75, 3.05) is 0 Å². The highest BCUT2D eigenvalue weighted by atomic mass is 16.5. The molecule has 17 heavy (non-hydrogen) atoms. The van der Waals surface area contributed by atoms with Crippen LogP contribution >= 0.6 is 0 Å². The lowest BCUT2D eigenvalue weighted by Gasteiger charge is -2.23. The first-order valence-corrected chi connectivity index (χ1v) is 6.64. The normalized spacial score (nSPS) is 17.0. The number of esters is 1. The first kappa shape index (κ1) is 16.4. The van der Waals surface area contributed by atoms with Gasteiger partial charge >= 0.3 is 5.97 Å². The van der Waals surface area contributed by atoms with Crippen LogP contribution < -0.4 is 0 Å². The minimum atomic E-state index is -0.259. The Morgan fingerprint density at radius 3 is 2.00 bits per heavy atom. The molecule has 0 aliphatic rings. The van der Waals surface area contributed by atoms with Crippen molar-refractivity contribution in [3.05, 3.63) is 0 Å². The van der Waals surface area contributed by atoms with Crippen LogP contribution in [0.1, 0.15) is 54.4 Å². The third-order valence-electron chi connectivity index (χ3n) is 3.26. The first-order valence-electron chi connectivity index (χ1n) is 6.64. The van der Waals surface area contributed by atoms with Gasteiger partial charge in [0.05, 0.1) is 12.0 Å². The number of ether oxygens (including phenoxy) is 1. The highest BCUT2D eigenvalue weighted by molar-refractivity contribution is 5.71. The number of aliphatic hydroxyl groups excluding tert-OH is 1. The zero-order valence-electron chi connectivity index (χ0n) is 12.1. The molecule has 0 rings (SSSR count). The largest absolute Gasteiger partial charge is 0.462 e. The van der Waals surface area contributed by atoms with E-state index in [9.17, 15) is 9.90 Å². The summed E-state index contributed by atoms with van der Waals surface area (Å²) in [5.41, 5.74) is 0. The van der Waals surface area contributed by atoms with Crippen LogP contribution in [0.15, 0.2) is 0 Å². The highest BCUT2D eigenvalue weighted by Crippen LogP contribution is 2.18. The second-order valence-corrected chi connectivity index (χ2v) is 5.66. The molecule has 0 saturated heterocycles. The summed E-state index contributed by atoms with van der Waals surface area (Å²) in [6, 6.07) is 0. The molecule has 3 atom stereocenters. The summed E-state index contributed by atoms with van der Waals surface area (Å²) < 4.78 is 5.35. The zero-order valence-corrected chi connectivity index (χ0v) is 12.1. The van der Waals surface area contributed by atoms with Gasteiger partial charge in [-0.1, -0.05) is 34.6 Å². The molecule has 0 amide bonds. The van der Waals surface area contributed by atoms with Gasteiger partial charge in [-0.25, -0.2) is 0 Å². The van der Waals surface area contributed by atoms with Crippen LogP contribution in [0.2, 0.25) is 0 Å². The molecule has 0 bridgehead atoms. The fourth-order valence-electron chi connectivity index (χ4n) is 1.44. The lowest BCUT2D eigenvalue weighted by molar-refractivity contribution is -0.154. The van der Waals surface area contributed by atoms with Gasteiger partial charge in [0.1, 0.15) is 6.10 Å². The molecule has 0 spiro atoms. The minimum Gasteiger partial charge on any atom is -0.462 e. The van der Waals surface area contributed by atoms with E-state index in [0.717, 1.165) is 12.8 Å². The molecule has 0 radical (unpaired) electrons. The van der Waals surface area contributed by atoms with Gasteiger partial charge in [0.15, 0.2) is 0 Å². The predicted octanol–water partition coefficient (Wildman–Crippen LogP) is 3.01. The SMILES string of the molecule is CC(C)C(=O)OC(C)C(C)CCC(O)C(C)C. The maximum Gasteiger partial charge on any atom is 0.308 e.